The molecule has 7 nitrogen and oxygen atoms in total. The van der Waals surface area contributed by atoms with Crippen LogP contribution in [0.3, 0.4) is 0 Å². The lowest BCUT2D eigenvalue weighted by molar-refractivity contribution is -0.142. The van der Waals surface area contributed by atoms with Crippen molar-refractivity contribution < 1.29 is 22.7 Å². The number of methoxy groups -OCH3 is 1. The molecule has 1 aliphatic heterocycles. The Morgan fingerprint density at radius 2 is 1.67 bits per heavy atom. The molecule has 268 valence electrons. The molecule has 0 N–H and O–H groups in total. The van der Waals surface area contributed by atoms with E-state index >= 15 is 0 Å². The molecule has 5 rings (SSSR count). The zero-order chi connectivity index (χ0) is 35.7. The smallest absolute Gasteiger partial charge is 0.229 e. The van der Waals surface area contributed by atoms with Crippen molar-refractivity contribution in [3.8, 4) is 5.75 Å². The highest BCUT2D eigenvalue weighted by atomic mass is 32.2. The van der Waals surface area contributed by atoms with E-state index in [1.54, 1.807) is 13.2 Å². The third-order valence-electron chi connectivity index (χ3n) is 12.0. The summed E-state index contributed by atoms with van der Waals surface area (Å²) < 4.78 is 31.8. The van der Waals surface area contributed by atoms with Crippen molar-refractivity contribution >= 4 is 32.9 Å². The second kappa shape index (κ2) is 15.1. The van der Waals surface area contributed by atoms with Crippen molar-refractivity contribution in [1.82, 2.24) is 9.21 Å². The minimum Gasteiger partial charge on any atom is -0.497 e. The largest absolute Gasteiger partial charge is 0.497 e. The van der Waals surface area contributed by atoms with Crippen molar-refractivity contribution in [2.75, 3.05) is 33.5 Å². The van der Waals surface area contributed by atoms with Gasteiger partial charge in [-0.2, -0.15) is 0 Å². The molecule has 4 atom stereocenters. The van der Waals surface area contributed by atoms with Crippen molar-refractivity contribution in [3.63, 3.8) is 0 Å². The van der Waals surface area contributed by atoms with Crippen LogP contribution in [0, 0.1) is 24.2 Å². The van der Waals surface area contributed by atoms with Crippen LogP contribution in [-0.2, 0) is 14.8 Å². The number of benzene rings is 2. The Labute approximate surface area is 295 Å². The molecule has 0 radical (unpaired) electrons. The third kappa shape index (κ3) is 7.56. The molecule has 49 heavy (non-hydrogen) atoms. The summed E-state index contributed by atoms with van der Waals surface area (Å²) in [5.41, 5.74) is 6.97. The first-order valence-corrected chi connectivity index (χ1v) is 20.1. The van der Waals surface area contributed by atoms with Gasteiger partial charge in [0.1, 0.15) is 11.5 Å². The van der Waals surface area contributed by atoms with Crippen LogP contribution in [0.15, 0.2) is 36.4 Å². The predicted molar refractivity (Wildman–Crippen MR) is 199 cm³/mol. The molecule has 8 heteroatoms. The Kier molecular flexibility index (Phi) is 11.5. The van der Waals surface area contributed by atoms with E-state index in [0.29, 0.717) is 29.3 Å². The van der Waals surface area contributed by atoms with Gasteiger partial charge in [-0.1, -0.05) is 58.2 Å². The molecule has 1 amide bonds. The Hall–Kier alpha value is -2.97. The quantitative estimate of drug-likeness (QED) is 0.165. The fourth-order valence-corrected chi connectivity index (χ4v) is 9.50. The molecule has 2 aromatic carbocycles. The highest BCUT2D eigenvalue weighted by Gasteiger charge is 2.61. The van der Waals surface area contributed by atoms with Crippen molar-refractivity contribution in [3.05, 3.63) is 64.2 Å². The van der Waals surface area contributed by atoms with Gasteiger partial charge in [-0.25, -0.2) is 12.7 Å². The number of sulfonamides is 1. The van der Waals surface area contributed by atoms with E-state index in [1.165, 1.54) is 62.1 Å². The van der Waals surface area contributed by atoms with Gasteiger partial charge < -0.3 is 9.64 Å². The van der Waals surface area contributed by atoms with Crippen LogP contribution in [-0.4, -0.2) is 68.9 Å². The number of nitrogens with zero attached hydrogens (tertiary/aromatic N) is 2. The number of Topliss-reactive ketones (excluding diaryl/α,β-unsaturated/α-hetero) is 1. The Bertz CT molecular complexity index is 1690. The summed E-state index contributed by atoms with van der Waals surface area (Å²) in [5.74, 6) is 1.20. The highest BCUT2D eigenvalue weighted by Crippen LogP contribution is 2.64. The lowest BCUT2D eigenvalue weighted by atomic mass is 9.76. The first-order valence-electron chi connectivity index (χ1n) is 18.5. The van der Waals surface area contributed by atoms with E-state index in [-0.39, 0.29) is 5.92 Å². The molecule has 1 saturated heterocycles. The summed E-state index contributed by atoms with van der Waals surface area (Å²) in [7, 11) is 0.947. The number of rotatable bonds is 12. The maximum atomic E-state index is 14.5. The number of aryl methyl sites for hydroxylation is 1. The third-order valence-corrected chi connectivity index (χ3v) is 13.7. The van der Waals surface area contributed by atoms with Gasteiger partial charge in [-0.3, -0.25) is 9.59 Å². The summed E-state index contributed by atoms with van der Waals surface area (Å²) in [5, 5.41) is 0. The van der Waals surface area contributed by atoms with Gasteiger partial charge in [0.05, 0.1) is 12.5 Å². The summed E-state index contributed by atoms with van der Waals surface area (Å²) >= 11 is 0. The molecular formula is C41H58N2O5S. The van der Waals surface area contributed by atoms with E-state index in [0.717, 1.165) is 66.3 Å². The fraction of sp³-hybridized carbons (Fsp3) is 0.610. The monoisotopic (exact) mass is 690 g/mol. The molecule has 2 saturated carbocycles. The lowest BCUT2D eigenvalue weighted by Crippen LogP contribution is -2.49. The number of ketones is 1. The number of hydrogen-bond donors (Lipinski definition) is 0. The zero-order valence-corrected chi connectivity index (χ0v) is 31.9. The number of ether oxygens (including phenoxy) is 1. The number of carbonyl (C=O) groups is 2. The molecule has 0 aromatic heterocycles. The van der Waals surface area contributed by atoms with E-state index in [1.807, 2.05) is 25.1 Å². The van der Waals surface area contributed by atoms with Crippen LogP contribution in [0.1, 0.15) is 130 Å². The van der Waals surface area contributed by atoms with Crippen LogP contribution in [0.2, 0.25) is 0 Å². The van der Waals surface area contributed by atoms with Gasteiger partial charge in [0.15, 0.2) is 5.78 Å². The fourth-order valence-electron chi connectivity index (χ4n) is 8.74. The molecule has 3 aliphatic rings. The number of carbonyl (C=O) groups excluding carboxylic acids is 2. The number of amides is 1. The molecule has 0 spiro atoms. The Morgan fingerprint density at radius 3 is 2.29 bits per heavy atom. The minimum absolute atomic E-state index is 0.118. The standard InChI is InChI=1S/C41H58N2O5S/c1-9-32-18-16-27(3)25-43(32)40(45)41(10-2)24-37(41)36-23-33(48-8)19-21-35(36)29(5)39(30-14-12-11-13-15-30)34-20-17-31(22-28(34)4)38(44)26-49(46,47)42(6)7/h17,19-23,27,30,32,37H,9-16,18,24-26H2,1-8H3/b39-29+/t27-,32?,37-,41+/m0/s1. The minimum atomic E-state index is -3.66. The van der Waals surface area contributed by atoms with Gasteiger partial charge in [0.2, 0.25) is 15.9 Å². The molecular weight excluding hydrogens is 633 g/mol. The van der Waals surface area contributed by atoms with Crippen molar-refractivity contribution in [2.24, 2.45) is 17.3 Å². The molecule has 3 fully saturated rings. The summed E-state index contributed by atoms with van der Waals surface area (Å²) in [4.78, 5) is 29.8. The number of likely N-dealkylation sites (tertiary alicyclic amines) is 1. The predicted octanol–water partition coefficient (Wildman–Crippen LogP) is 8.51. The van der Waals surface area contributed by atoms with E-state index in [2.05, 4.69) is 44.7 Å². The van der Waals surface area contributed by atoms with E-state index < -0.39 is 27.0 Å². The first-order chi connectivity index (χ1) is 23.3. The molecule has 0 bridgehead atoms. The molecule has 1 heterocycles. The summed E-state index contributed by atoms with van der Waals surface area (Å²) in [6.45, 7) is 11.8. The van der Waals surface area contributed by atoms with Crippen LogP contribution in [0.25, 0.3) is 11.1 Å². The topological polar surface area (TPSA) is 84.0 Å². The molecule has 2 aromatic rings. The average Bonchev–Trinajstić information content (AvgIpc) is 3.84. The number of allylic oxidation sites excluding steroid dienone is 2. The van der Waals surface area contributed by atoms with E-state index in [4.69, 9.17) is 4.74 Å². The van der Waals surface area contributed by atoms with E-state index in [9.17, 15) is 18.0 Å². The van der Waals surface area contributed by atoms with Crippen molar-refractivity contribution in [2.45, 2.75) is 111 Å². The maximum Gasteiger partial charge on any atom is 0.229 e. The second-order valence-electron chi connectivity index (χ2n) is 15.3. The normalized spacial score (nSPS) is 25.2. The van der Waals surface area contributed by atoms with Gasteiger partial charge in [0.25, 0.3) is 0 Å². The van der Waals surface area contributed by atoms with Crippen LogP contribution in [0.5, 0.6) is 5.75 Å². The van der Waals surface area contributed by atoms with Gasteiger partial charge >= 0.3 is 0 Å². The van der Waals surface area contributed by atoms with Gasteiger partial charge in [0, 0.05) is 38.2 Å². The Morgan fingerprint density at radius 1 is 0.980 bits per heavy atom. The van der Waals surface area contributed by atoms with Crippen molar-refractivity contribution in [1.29, 1.82) is 0 Å². The SMILES string of the molecule is CCC1CC[C@H](C)CN1C(=O)[C@]1(CC)C[C@H]1c1cc(OC)ccc1/C(C)=C(/c1ccc(C(=O)CS(=O)(=O)N(C)C)cc1C)C1CCCCC1. The Balaban J connectivity index is 1.58. The molecule has 2 aliphatic carbocycles. The molecule has 1 unspecified atom stereocenters. The van der Waals surface area contributed by atoms with Crippen LogP contribution in [0.4, 0.5) is 0 Å². The number of piperidine rings is 1. The first kappa shape index (κ1) is 37.3. The van der Waals surface area contributed by atoms with Crippen LogP contribution >= 0.6 is 0 Å². The van der Waals surface area contributed by atoms with Crippen LogP contribution < -0.4 is 4.74 Å². The highest BCUT2D eigenvalue weighted by molar-refractivity contribution is 7.89. The number of hydrogen-bond acceptors (Lipinski definition) is 5. The van der Waals surface area contributed by atoms with Gasteiger partial charge in [-0.05, 0) is 122 Å². The maximum absolute atomic E-state index is 14.5. The summed E-state index contributed by atoms with van der Waals surface area (Å²) in [6, 6.07) is 12.4. The average molecular weight is 691 g/mol. The zero-order valence-electron chi connectivity index (χ0n) is 31.1. The van der Waals surface area contributed by atoms with Gasteiger partial charge in [-0.15, -0.1) is 0 Å². The summed E-state index contributed by atoms with van der Waals surface area (Å²) in [6.07, 6.45) is 10.7. The second-order valence-corrected chi connectivity index (χ2v) is 17.5. The lowest BCUT2D eigenvalue weighted by Gasteiger charge is -2.40.